The van der Waals surface area contributed by atoms with Crippen LogP contribution >= 0.6 is 0 Å². The monoisotopic (exact) mass is 322 g/mol. The largest absolute Gasteiger partial charge is 0.376 e. The minimum absolute atomic E-state index is 0.0361. The molecule has 0 aromatic heterocycles. The van der Waals surface area contributed by atoms with E-state index in [-0.39, 0.29) is 23.5 Å². The van der Waals surface area contributed by atoms with Crippen LogP contribution in [0, 0.1) is 11.7 Å². The average Bonchev–Trinajstić information content (AvgIpc) is 3.03. The lowest BCUT2D eigenvalue weighted by Crippen LogP contribution is -2.51. The molecule has 5 nitrogen and oxygen atoms in total. The van der Waals surface area contributed by atoms with Gasteiger partial charge in [-0.05, 0) is 30.9 Å². The van der Waals surface area contributed by atoms with Crippen LogP contribution in [0.15, 0.2) is 24.3 Å². The molecule has 2 atom stereocenters. The number of halogens is 1. The van der Waals surface area contributed by atoms with Crippen molar-refractivity contribution in [3.8, 4) is 0 Å². The van der Waals surface area contributed by atoms with Gasteiger partial charge in [0.15, 0.2) is 0 Å². The minimum Gasteiger partial charge on any atom is -0.376 e. The Labute approximate surface area is 135 Å². The summed E-state index contributed by atoms with van der Waals surface area (Å²) >= 11 is 0. The fraction of sp³-hybridized carbons (Fsp3) is 0.529. The third kappa shape index (κ3) is 4.76. The number of carbonyl (C=O) groups excluding carboxylic acids is 2. The zero-order chi connectivity index (χ0) is 16.8. The lowest BCUT2D eigenvalue weighted by atomic mass is 10.0. The van der Waals surface area contributed by atoms with Gasteiger partial charge in [-0.1, -0.05) is 26.0 Å². The van der Waals surface area contributed by atoms with Gasteiger partial charge in [-0.25, -0.2) is 4.39 Å². The molecule has 1 aliphatic heterocycles. The minimum atomic E-state index is -0.719. The molecule has 0 aliphatic carbocycles. The number of hydrogen-bond donors (Lipinski definition) is 2. The van der Waals surface area contributed by atoms with Crippen molar-refractivity contribution in [1.82, 2.24) is 10.6 Å². The number of hydrogen-bond acceptors (Lipinski definition) is 3. The first kappa shape index (κ1) is 17.4. The summed E-state index contributed by atoms with van der Waals surface area (Å²) in [7, 11) is 0. The highest BCUT2D eigenvalue weighted by molar-refractivity contribution is 5.97. The SMILES string of the molecule is CC(C)C(NC(=O)c1ccccc1F)C(=O)NCC1CCCO1. The van der Waals surface area contributed by atoms with Gasteiger partial charge in [0.2, 0.25) is 5.91 Å². The van der Waals surface area contributed by atoms with Crippen LogP contribution in [-0.4, -0.2) is 37.1 Å². The number of carbonyl (C=O) groups is 2. The van der Waals surface area contributed by atoms with Crippen LogP contribution < -0.4 is 10.6 Å². The van der Waals surface area contributed by atoms with Crippen molar-refractivity contribution in [2.45, 2.75) is 38.8 Å². The Morgan fingerprint density at radius 3 is 2.70 bits per heavy atom. The van der Waals surface area contributed by atoms with E-state index < -0.39 is 17.8 Å². The van der Waals surface area contributed by atoms with Gasteiger partial charge in [-0.2, -0.15) is 0 Å². The van der Waals surface area contributed by atoms with E-state index in [1.807, 2.05) is 13.8 Å². The maximum atomic E-state index is 13.7. The van der Waals surface area contributed by atoms with E-state index in [1.165, 1.54) is 18.2 Å². The molecular weight excluding hydrogens is 299 g/mol. The fourth-order valence-corrected chi connectivity index (χ4v) is 2.53. The molecule has 0 radical (unpaired) electrons. The van der Waals surface area contributed by atoms with Gasteiger partial charge in [0.05, 0.1) is 11.7 Å². The molecule has 2 rings (SSSR count). The van der Waals surface area contributed by atoms with Gasteiger partial charge in [-0.15, -0.1) is 0 Å². The predicted molar refractivity (Wildman–Crippen MR) is 84.5 cm³/mol. The Morgan fingerprint density at radius 1 is 1.35 bits per heavy atom. The maximum Gasteiger partial charge on any atom is 0.254 e. The van der Waals surface area contributed by atoms with E-state index in [2.05, 4.69) is 10.6 Å². The third-order valence-electron chi connectivity index (χ3n) is 3.88. The number of nitrogens with one attached hydrogen (secondary N) is 2. The van der Waals surface area contributed by atoms with E-state index in [9.17, 15) is 14.0 Å². The second-order valence-electron chi connectivity index (χ2n) is 6.06. The number of benzene rings is 1. The highest BCUT2D eigenvalue weighted by Gasteiger charge is 2.26. The first-order chi connectivity index (χ1) is 11.0. The number of rotatable bonds is 6. The van der Waals surface area contributed by atoms with Gasteiger partial charge in [-0.3, -0.25) is 9.59 Å². The molecule has 2 N–H and O–H groups in total. The standard InChI is InChI=1S/C17H23FN2O3/c1-11(2)15(17(22)19-10-12-6-5-9-23-12)20-16(21)13-7-3-4-8-14(13)18/h3-4,7-8,11-12,15H,5-6,9-10H2,1-2H3,(H,19,22)(H,20,21). The molecule has 23 heavy (non-hydrogen) atoms. The lowest BCUT2D eigenvalue weighted by Gasteiger charge is -2.22. The summed E-state index contributed by atoms with van der Waals surface area (Å²) in [5, 5.41) is 5.42. The first-order valence-corrected chi connectivity index (χ1v) is 7.93. The molecule has 126 valence electrons. The molecule has 2 unspecified atom stereocenters. The van der Waals surface area contributed by atoms with Crippen molar-refractivity contribution < 1.29 is 18.7 Å². The molecule has 1 saturated heterocycles. The van der Waals surface area contributed by atoms with Crippen LogP contribution in [0.5, 0.6) is 0 Å². The van der Waals surface area contributed by atoms with Gasteiger partial charge in [0.1, 0.15) is 11.9 Å². The predicted octanol–water partition coefficient (Wildman–Crippen LogP) is 1.88. The molecule has 0 spiro atoms. The Hall–Kier alpha value is -1.95. The van der Waals surface area contributed by atoms with Crippen molar-refractivity contribution in [3.63, 3.8) is 0 Å². The highest BCUT2D eigenvalue weighted by atomic mass is 19.1. The second-order valence-corrected chi connectivity index (χ2v) is 6.06. The molecule has 2 amide bonds. The van der Waals surface area contributed by atoms with Crippen LogP contribution in [-0.2, 0) is 9.53 Å². The summed E-state index contributed by atoms with van der Waals surface area (Å²) in [6.07, 6.45) is 1.96. The number of amides is 2. The quantitative estimate of drug-likeness (QED) is 0.840. The zero-order valence-corrected chi connectivity index (χ0v) is 13.5. The van der Waals surface area contributed by atoms with E-state index in [4.69, 9.17) is 4.74 Å². The van der Waals surface area contributed by atoms with Gasteiger partial charge in [0.25, 0.3) is 5.91 Å². The van der Waals surface area contributed by atoms with Crippen molar-refractivity contribution in [2.75, 3.05) is 13.2 Å². The molecule has 1 aromatic rings. The van der Waals surface area contributed by atoms with Crippen LogP contribution in [0.4, 0.5) is 4.39 Å². The molecule has 1 heterocycles. The van der Waals surface area contributed by atoms with Crippen LogP contribution in [0.1, 0.15) is 37.0 Å². The van der Waals surface area contributed by atoms with Crippen molar-refractivity contribution in [3.05, 3.63) is 35.6 Å². The summed E-state index contributed by atoms with van der Waals surface area (Å²) in [6.45, 7) is 4.81. The summed E-state index contributed by atoms with van der Waals surface area (Å²) in [5.74, 6) is -1.59. The van der Waals surface area contributed by atoms with Gasteiger partial charge in [0, 0.05) is 13.2 Å². The van der Waals surface area contributed by atoms with Crippen LogP contribution in [0.3, 0.4) is 0 Å². The topological polar surface area (TPSA) is 67.4 Å². The third-order valence-corrected chi connectivity index (χ3v) is 3.88. The van der Waals surface area contributed by atoms with Gasteiger partial charge < -0.3 is 15.4 Å². The van der Waals surface area contributed by atoms with Crippen molar-refractivity contribution in [2.24, 2.45) is 5.92 Å². The molecule has 1 fully saturated rings. The Balaban J connectivity index is 1.96. The molecule has 0 bridgehead atoms. The molecule has 0 saturated carbocycles. The summed E-state index contributed by atoms with van der Waals surface area (Å²) < 4.78 is 19.1. The van der Waals surface area contributed by atoms with Gasteiger partial charge >= 0.3 is 0 Å². The normalized spacial score (nSPS) is 18.7. The Morgan fingerprint density at radius 2 is 2.09 bits per heavy atom. The molecule has 6 heteroatoms. The number of ether oxygens (including phenoxy) is 1. The van der Waals surface area contributed by atoms with E-state index in [0.29, 0.717) is 6.54 Å². The second kappa shape index (κ2) is 8.06. The van der Waals surface area contributed by atoms with Crippen LogP contribution in [0.25, 0.3) is 0 Å². The Kier molecular flexibility index (Phi) is 6.10. The van der Waals surface area contributed by atoms with Crippen molar-refractivity contribution in [1.29, 1.82) is 0 Å². The van der Waals surface area contributed by atoms with E-state index in [1.54, 1.807) is 6.07 Å². The van der Waals surface area contributed by atoms with Crippen molar-refractivity contribution >= 4 is 11.8 Å². The average molecular weight is 322 g/mol. The van der Waals surface area contributed by atoms with Crippen LogP contribution in [0.2, 0.25) is 0 Å². The summed E-state index contributed by atoms with van der Waals surface area (Å²) in [4.78, 5) is 24.5. The highest BCUT2D eigenvalue weighted by Crippen LogP contribution is 2.12. The smallest absolute Gasteiger partial charge is 0.254 e. The molecule has 1 aliphatic rings. The van der Waals surface area contributed by atoms with E-state index in [0.717, 1.165) is 19.4 Å². The summed E-state index contributed by atoms with van der Waals surface area (Å²) in [5.41, 5.74) is -0.0647. The fourth-order valence-electron chi connectivity index (χ4n) is 2.53. The Bertz CT molecular complexity index is 557. The lowest BCUT2D eigenvalue weighted by molar-refractivity contribution is -0.124. The summed E-state index contributed by atoms with van der Waals surface area (Å²) in [6, 6.07) is 4.99. The first-order valence-electron chi connectivity index (χ1n) is 7.93. The zero-order valence-electron chi connectivity index (χ0n) is 13.5. The molecular formula is C17H23FN2O3. The maximum absolute atomic E-state index is 13.7. The van der Waals surface area contributed by atoms with E-state index >= 15 is 0 Å². The molecule has 1 aromatic carbocycles.